The Morgan fingerprint density at radius 1 is 1.80 bits per heavy atom. The Kier molecular flexibility index (Phi) is 2.63. The fourth-order valence-corrected chi connectivity index (χ4v) is 1.27. The van der Waals surface area contributed by atoms with Crippen LogP contribution < -0.4 is 0 Å². The Bertz CT molecular complexity index is 149. The monoisotopic (exact) mass is 140 g/mol. The molecule has 1 aliphatic carbocycles. The third-order valence-corrected chi connectivity index (χ3v) is 1.86. The molecule has 0 saturated carbocycles. The van der Waals surface area contributed by atoms with Crippen LogP contribution in [0.25, 0.3) is 0 Å². The van der Waals surface area contributed by atoms with Crippen LogP contribution in [0.15, 0.2) is 11.6 Å². The molecule has 1 rings (SSSR count). The number of aliphatic hydroxyl groups excluding tert-OH is 1. The fraction of sp³-hybridized carbons (Fsp3) is 0.625. The van der Waals surface area contributed by atoms with Crippen LogP contribution in [0.4, 0.5) is 0 Å². The predicted molar refractivity (Wildman–Crippen MR) is 38.6 cm³/mol. The van der Waals surface area contributed by atoms with Gasteiger partial charge in [0.2, 0.25) is 0 Å². The van der Waals surface area contributed by atoms with Crippen LogP contribution >= 0.6 is 0 Å². The molecule has 0 bridgehead atoms. The van der Waals surface area contributed by atoms with Crippen molar-refractivity contribution in [2.45, 2.75) is 19.3 Å². The van der Waals surface area contributed by atoms with Gasteiger partial charge in [-0.2, -0.15) is 0 Å². The lowest BCUT2D eigenvalue weighted by Crippen LogP contribution is -2.07. The van der Waals surface area contributed by atoms with Crippen molar-refractivity contribution in [1.29, 1.82) is 0 Å². The Labute approximate surface area is 60.6 Å². The van der Waals surface area contributed by atoms with Gasteiger partial charge in [0.1, 0.15) is 6.29 Å². The predicted octanol–water partition coefficient (Wildman–Crippen LogP) is 0.904. The van der Waals surface area contributed by atoms with Crippen LogP contribution in [0, 0.1) is 5.92 Å². The molecule has 0 spiro atoms. The summed E-state index contributed by atoms with van der Waals surface area (Å²) < 4.78 is 0. The molecule has 0 aromatic carbocycles. The van der Waals surface area contributed by atoms with Crippen LogP contribution in [0.1, 0.15) is 19.3 Å². The van der Waals surface area contributed by atoms with E-state index < -0.39 is 0 Å². The molecule has 0 aromatic heterocycles. The van der Waals surface area contributed by atoms with Crippen molar-refractivity contribution in [2.75, 3.05) is 6.61 Å². The third kappa shape index (κ3) is 1.67. The van der Waals surface area contributed by atoms with Gasteiger partial charge in [0.15, 0.2) is 0 Å². The van der Waals surface area contributed by atoms with Gasteiger partial charge in [0.25, 0.3) is 0 Å². The molecule has 1 unspecified atom stereocenters. The Morgan fingerprint density at radius 2 is 2.60 bits per heavy atom. The lowest BCUT2D eigenvalue weighted by Gasteiger charge is -2.14. The van der Waals surface area contributed by atoms with Gasteiger partial charge in [-0.15, -0.1) is 0 Å². The van der Waals surface area contributed by atoms with E-state index in [4.69, 9.17) is 5.11 Å². The molecule has 0 fully saturated rings. The molecule has 56 valence electrons. The first-order chi connectivity index (χ1) is 4.86. The SMILES string of the molecule is O=CC1C=C(CO)CCC1. The van der Waals surface area contributed by atoms with Crippen molar-refractivity contribution < 1.29 is 9.90 Å². The zero-order valence-electron chi connectivity index (χ0n) is 5.92. The minimum Gasteiger partial charge on any atom is -0.392 e. The third-order valence-electron chi connectivity index (χ3n) is 1.86. The lowest BCUT2D eigenvalue weighted by atomic mass is 9.92. The highest BCUT2D eigenvalue weighted by atomic mass is 16.3. The van der Waals surface area contributed by atoms with Crippen molar-refractivity contribution in [3.8, 4) is 0 Å². The van der Waals surface area contributed by atoms with E-state index in [0.29, 0.717) is 0 Å². The molecule has 0 amide bonds. The number of carbonyl (C=O) groups is 1. The number of aliphatic hydroxyl groups is 1. The molecular formula is C8H12O2. The number of hydrogen-bond acceptors (Lipinski definition) is 2. The highest BCUT2D eigenvalue weighted by Gasteiger charge is 2.11. The minimum atomic E-state index is 0.0656. The zero-order valence-corrected chi connectivity index (χ0v) is 5.92. The van der Waals surface area contributed by atoms with E-state index in [-0.39, 0.29) is 12.5 Å². The summed E-state index contributed by atoms with van der Waals surface area (Å²) in [4.78, 5) is 10.3. The molecule has 2 nitrogen and oxygen atoms in total. The Hall–Kier alpha value is -0.630. The summed E-state index contributed by atoms with van der Waals surface area (Å²) in [7, 11) is 0. The number of aldehydes is 1. The van der Waals surface area contributed by atoms with Gasteiger partial charge in [0, 0.05) is 5.92 Å². The topological polar surface area (TPSA) is 37.3 Å². The summed E-state index contributed by atoms with van der Waals surface area (Å²) >= 11 is 0. The molecule has 0 radical (unpaired) electrons. The van der Waals surface area contributed by atoms with E-state index >= 15 is 0 Å². The number of rotatable bonds is 2. The summed E-state index contributed by atoms with van der Waals surface area (Å²) in [6, 6.07) is 0. The summed E-state index contributed by atoms with van der Waals surface area (Å²) in [5.74, 6) is 0.0656. The van der Waals surface area contributed by atoms with Gasteiger partial charge < -0.3 is 9.90 Å². The summed E-state index contributed by atoms with van der Waals surface area (Å²) in [5.41, 5.74) is 1.02. The van der Waals surface area contributed by atoms with Crippen molar-refractivity contribution in [3.05, 3.63) is 11.6 Å². The van der Waals surface area contributed by atoms with E-state index in [1.165, 1.54) is 0 Å². The highest BCUT2D eigenvalue weighted by molar-refractivity contribution is 5.57. The fourth-order valence-electron chi connectivity index (χ4n) is 1.27. The first-order valence-corrected chi connectivity index (χ1v) is 3.62. The molecule has 1 aliphatic rings. The molecule has 0 aliphatic heterocycles. The van der Waals surface area contributed by atoms with Crippen molar-refractivity contribution in [1.82, 2.24) is 0 Å². The molecule has 0 saturated heterocycles. The molecule has 1 atom stereocenters. The Balaban J connectivity index is 2.56. The maximum absolute atomic E-state index is 10.3. The van der Waals surface area contributed by atoms with E-state index in [9.17, 15) is 4.79 Å². The van der Waals surface area contributed by atoms with Gasteiger partial charge in [-0.3, -0.25) is 0 Å². The standard InChI is InChI=1S/C8H12O2/c9-5-7-2-1-3-8(4-7)6-10/h4-5,7,10H,1-3,6H2. The number of carbonyl (C=O) groups excluding carboxylic acids is 1. The second-order valence-corrected chi connectivity index (χ2v) is 2.68. The van der Waals surface area contributed by atoms with Gasteiger partial charge in [-0.25, -0.2) is 0 Å². The van der Waals surface area contributed by atoms with Gasteiger partial charge in [0.05, 0.1) is 6.61 Å². The van der Waals surface area contributed by atoms with Crippen LogP contribution in [-0.2, 0) is 4.79 Å². The van der Waals surface area contributed by atoms with E-state index in [2.05, 4.69) is 0 Å². The van der Waals surface area contributed by atoms with Crippen LogP contribution in [0.5, 0.6) is 0 Å². The van der Waals surface area contributed by atoms with Crippen molar-refractivity contribution in [3.63, 3.8) is 0 Å². The van der Waals surface area contributed by atoms with E-state index in [1.807, 2.05) is 6.08 Å². The first-order valence-electron chi connectivity index (χ1n) is 3.62. The summed E-state index contributed by atoms with van der Waals surface area (Å²) in [5, 5.41) is 8.72. The van der Waals surface area contributed by atoms with Gasteiger partial charge in [-0.05, 0) is 24.8 Å². The zero-order chi connectivity index (χ0) is 7.40. The van der Waals surface area contributed by atoms with E-state index in [0.717, 1.165) is 31.1 Å². The van der Waals surface area contributed by atoms with Crippen LogP contribution in [0.3, 0.4) is 0 Å². The smallest absolute Gasteiger partial charge is 0.126 e. The second-order valence-electron chi connectivity index (χ2n) is 2.68. The summed E-state index contributed by atoms with van der Waals surface area (Å²) in [6.07, 6.45) is 5.79. The van der Waals surface area contributed by atoms with Gasteiger partial charge >= 0.3 is 0 Å². The minimum absolute atomic E-state index is 0.0656. The van der Waals surface area contributed by atoms with Crippen LogP contribution in [-0.4, -0.2) is 18.0 Å². The lowest BCUT2D eigenvalue weighted by molar-refractivity contribution is -0.110. The quantitative estimate of drug-likeness (QED) is 0.457. The Morgan fingerprint density at radius 3 is 3.20 bits per heavy atom. The average Bonchev–Trinajstić information content (AvgIpc) is 2.05. The average molecular weight is 140 g/mol. The first kappa shape index (κ1) is 7.48. The molecule has 2 heteroatoms. The second kappa shape index (κ2) is 3.52. The molecule has 0 aromatic rings. The van der Waals surface area contributed by atoms with Crippen molar-refractivity contribution >= 4 is 6.29 Å². The maximum Gasteiger partial charge on any atom is 0.126 e. The van der Waals surface area contributed by atoms with Crippen LogP contribution in [0.2, 0.25) is 0 Å². The number of hydrogen-bond donors (Lipinski definition) is 1. The molecule has 1 N–H and O–H groups in total. The normalized spacial score (nSPS) is 25.7. The van der Waals surface area contributed by atoms with E-state index in [1.54, 1.807) is 0 Å². The van der Waals surface area contributed by atoms with Gasteiger partial charge in [-0.1, -0.05) is 6.08 Å². The number of allylic oxidation sites excluding steroid dienone is 1. The largest absolute Gasteiger partial charge is 0.392 e. The molecular weight excluding hydrogens is 128 g/mol. The maximum atomic E-state index is 10.3. The highest BCUT2D eigenvalue weighted by Crippen LogP contribution is 2.20. The summed E-state index contributed by atoms with van der Waals surface area (Å²) in [6.45, 7) is 0.115. The molecule has 10 heavy (non-hydrogen) atoms. The molecule has 0 heterocycles. The van der Waals surface area contributed by atoms with Crippen molar-refractivity contribution in [2.24, 2.45) is 5.92 Å².